The Kier molecular flexibility index (Phi) is 3.10. The molecule has 1 heterocycles. The third-order valence-corrected chi connectivity index (χ3v) is 2.78. The Balaban J connectivity index is 2.09. The Morgan fingerprint density at radius 2 is 2.12 bits per heavy atom. The molecule has 1 aliphatic heterocycles. The van der Waals surface area contributed by atoms with Crippen LogP contribution in [-0.4, -0.2) is 31.7 Å². The molecule has 1 aromatic carbocycles. The Bertz CT molecular complexity index is 375. The second-order valence-corrected chi connectivity index (χ2v) is 4.04. The molecule has 0 saturated carbocycles. The summed E-state index contributed by atoms with van der Waals surface area (Å²) in [5.74, 6) is -0.392. The molecule has 2 rings (SSSR count). The van der Waals surface area contributed by atoms with Gasteiger partial charge in [-0.3, -0.25) is 4.79 Å². The molecule has 86 valence electrons. The number of benzene rings is 1. The van der Waals surface area contributed by atoms with Gasteiger partial charge in [0.25, 0.3) is 0 Å². The highest BCUT2D eigenvalue weighted by molar-refractivity contribution is 5.79. The number of morpholine rings is 1. The first-order chi connectivity index (χ1) is 7.66. The van der Waals surface area contributed by atoms with E-state index in [0.717, 1.165) is 12.2 Å². The zero-order valence-corrected chi connectivity index (χ0v) is 9.35. The fraction of sp³-hybridized carbons (Fsp3) is 0.417. The van der Waals surface area contributed by atoms with Gasteiger partial charge in [0.1, 0.15) is 0 Å². The molecule has 0 spiro atoms. The Hall–Kier alpha value is -1.55. The minimum Gasteiger partial charge on any atom is -0.367 e. The van der Waals surface area contributed by atoms with Crippen LogP contribution in [-0.2, 0) is 9.53 Å². The van der Waals surface area contributed by atoms with Crippen LogP contribution < -0.4 is 10.6 Å². The number of carbonyl (C=O) groups is 1. The molecule has 0 radical (unpaired) electrons. The number of ether oxygens (including phenoxy) is 1. The number of primary amides is 1. The number of carbonyl (C=O) groups excluding carboxylic acids is 1. The second kappa shape index (κ2) is 4.53. The summed E-state index contributed by atoms with van der Waals surface area (Å²) >= 11 is 0. The van der Waals surface area contributed by atoms with E-state index in [4.69, 9.17) is 10.5 Å². The molecule has 4 heteroatoms. The second-order valence-electron chi connectivity index (χ2n) is 4.04. The fourth-order valence-corrected chi connectivity index (χ4v) is 1.81. The van der Waals surface area contributed by atoms with Gasteiger partial charge >= 0.3 is 0 Å². The monoisotopic (exact) mass is 220 g/mol. The van der Waals surface area contributed by atoms with Crippen molar-refractivity contribution in [1.82, 2.24) is 0 Å². The third-order valence-electron chi connectivity index (χ3n) is 2.78. The molecule has 1 aliphatic rings. The van der Waals surface area contributed by atoms with Crippen molar-refractivity contribution in [1.29, 1.82) is 0 Å². The lowest BCUT2D eigenvalue weighted by atomic mass is 10.2. The predicted molar refractivity (Wildman–Crippen MR) is 62.3 cm³/mol. The number of nitrogens with zero attached hydrogens (tertiary/aromatic N) is 1. The number of nitrogens with two attached hydrogens (primary N) is 1. The predicted octanol–water partition coefficient (Wildman–Crippen LogP) is 0.686. The van der Waals surface area contributed by atoms with Gasteiger partial charge in [-0.2, -0.15) is 0 Å². The van der Waals surface area contributed by atoms with E-state index in [2.05, 4.69) is 36.1 Å². The Morgan fingerprint density at radius 1 is 1.44 bits per heavy atom. The summed E-state index contributed by atoms with van der Waals surface area (Å²) in [5, 5.41) is 0. The molecule has 0 bridgehead atoms. The normalized spacial score (nSPS) is 20.8. The van der Waals surface area contributed by atoms with Crippen molar-refractivity contribution in [2.45, 2.75) is 13.0 Å². The van der Waals surface area contributed by atoms with Crippen molar-refractivity contribution in [3.8, 4) is 0 Å². The summed E-state index contributed by atoms with van der Waals surface area (Å²) in [4.78, 5) is 13.2. The minimum absolute atomic E-state index is 0.392. The first-order valence-electron chi connectivity index (χ1n) is 5.39. The van der Waals surface area contributed by atoms with Crippen molar-refractivity contribution < 1.29 is 9.53 Å². The van der Waals surface area contributed by atoms with Crippen LogP contribution in [0, 0.1) is 6.92 Å². The van der Waals surface area contributed by atoms with Gasteiger partial charge in [-0.1, -0.05) is 17.7 Å². The van der Waals surface area contributed by atoms with Gasteiger partial charge in [0, 0.05) is 12.2 Å². The molecule has 0 unspecified atom stereocenters. The summed E-state index contributed by atoms with van der Waals surface area (Å²) in [6.07, 6.45) is -0.491. The highest BCUT2D eigenvalue weighted by atomic mass is 16.5. The van der Waals surface area contributed by atoms with Gasteiger partial charge in [-0.05, 0) is 19.1 Å². The zero-order chi connectivity index (χ0) is 11.5. The summed E-state index contributed by atoms with van der Waals surface area (Å²) in [7, 11) is 0. The van der Waals surface area contributed by atoms with Gasteiger partial charge in [0.15, 0.2) is 6.10 Å². The number of amides is 1. The van der Waals surface area contributed by atoms with E-state index in [-0.39, 0.29) is 0 Å². The van der Waals surface area contributed by atoms with E-state index in [9.17, 15) is 4.79 Å². The first-order valence-corrected chi connectivity index (χ1v) is 5.39. The lowest BCUT2D eigenvalue weighted by molar-refractivity contribution is -0.130. The maximum atomic E-state index is 11.1. The zero-order valence-electron chi connectivity index (χ0n) is 9.35. The Labute approximate surface area is 95.0 Å². The maximum absolute atomic E-state index is 11.1. The Morgan fingerprint density at radius 3 is 2.75 bits per heavy atom. The molecule has 4 nitrogen and oxygen atoms in total. The molecule has 1 aromatic rings. The lowest BCUT2D eigenvalue weighted by Crippen LogP contribution is -2.48. The standard InChI is InChI=1S/C12H16N2O2/c1-9-2-4-10(5-3-9)14-6-7-16-11(8-14)12(13)15/h2-5,11H,6-8H2,1H3,(H2,13,15)/t11-/m1/s1. The van der Waals surface area contributed by atoms with Crippen LogP contribution in [0.3, 0.4) is 0 Å². The number of rotatable bonds is 2. The molecule has 1 atom stereocenters. The van der Waals surface area contributed by atoms with Crippen LogP contribution in [0.25, 0.3) is 0 Å². The molecule has 1 saturated heterocycles. The average Bonchev–Trinajstić information content (AvgIpc) is 2.30. The molecule has 0 aliphatic carbocycles. The molecule has 1 fully saturated rings. The van der Waals surface area contributed by atoms with E-state index in [1.165, 1.54) is 5.56 Å². The van der Waals surface area contributed by atoms with E-state index >= 15 is 0 Å². The number of anilines is 1. The van der Waals surface area contributed by atoms with Gasteiger partial charge in [0.2, 0.25) is 5.91 Å². The average molecular weight is 220 g/mol. The topological polar surface area (TPSA) is 55.6 Å². The van der Waals surface area contributed by atoms with E-state index < -0.39 is 12.0 Å². The maximum Gasteiger partial charge on any atom is 0.248 e. The molecule has 2 N–H and O–H groups in total. The third kappa shape index (κ3) is 2.33. The van der Waals surface area contributed by atoms with E-state index in [1.807, 2.05) is 0 Å². The van der Waals surface area contributed by atoms with Crippen molar-refractivity contribution in [2.24, 2.45) is 5.73 Å². The van der Waals surface area contributed by atoms with E-state index in [0.29, 0.717) is 13.2 Å². The van der Waals surface area contributed by atoms with Crippen LogP contribution >= 0.6 is 0 Å². The van der Waals surface area contributed by atoms with Gasteiger partial charge in [0.05, 0.1) is 13.2 Å². The molecule has 1 amide bonds. The molecular weight excluding hydrogens is 204 g/mol. The first kappa shape index (κ1) is 11.0. The van der Waals surface area contributed by atoms with Crippen molar-refractivity contribution in [2.75, 3.05) is 24.6 Å². The van der Waals surface area contributed by atoms with E-state index in [1.54, 1.807) is 0 Å². The van der Waals surface area contributed by atoms with Crippen LogP contribution in [0.15, 0.2) is 24.3 Å². The highest BCUT2D eigenvalue weighted by Crippen LogP contribution is 2.18. The molecule has 0 aromatic heterocycles. The van der Waals surface area contributed by atoms with Gasteiger partial charge in [-0.25, -0.2) is 0 Å². The number of hydrogen-bond acceptors (Lipinski definition) is 3. The van der Waals surface area contributed by atoms with Gasteiger partial charge in [-0.15, -0.1) is 0 Å². The van der Waals surface area contributed by atoms with Gasteiger partial charge < -0.3 is 15.4 Å². The summed E-state index contributed by atoms with van der Waals surface area (Å²) in [5.41, 5.74) is 7.58. The van der Waals surface area contributed by atoms with Crippen LogP contribution in [0.5, 0.6) is 0 Å². The summed E-state index contributed by atoms with van der Waals surface area (Å²) in [6, 6.07) is 8.23. The SMILES string of the molecule is Cc1ccc(N2CCO[C@@H](C(N)=O)C2)cc1. The largest absolute Gasteiger partial charge is 0.367 e. The number of hydrogen-bond donors (Lipinski definition) is 1. The number of aryl methyl sites for hydroxylation is 1. The minimum atomic E-state index is -0.491. The van der Waals surface area contributed by atoms with Crippen LogP contribution in [0.2, 0.25) is 0 Å². The summed E-state index contributed by atoms with van der Waals surface area (Å²) in [6.45, 7) is 3.93. The summed E-state index contributed by atoms with van der Waals surface area (Å²) < 4.78 is 5.30. The van der Waals surface area contributed by atoms with Crippen molar-refractivity contribution >= 4 is 11.6 Å². The fourth-order valence-electron chi connectivity index (χ4n) is 1.81. The lowest BCUT2D eigenvalue weighted by Gasteiger charge is -2.33. The highest BCUT2D eigenvalue weighted by Gasteiger charge is 2.24. The van der Waals surface area contributed by atoms with Crippen LogP contribution in [0.1, 0.15) is 5.56 Å². The smallest absolute Gasteiger partial charge is 0.248 e. The van der Waals surface area contributed by atoms with Crippen LogP contribution in [0.4, 0.5) is 5.69 Å². The van der Waals surface area contributed by atoms with Crippen molar-refractivity contribution in [3.63, 3.8) is 0 Å². The quantitative estimate of drug-likeness (QED) is 0.797. The molecule has 16 heavy (non-hydrogen) atoms. The molecular formula is C12H16N2O2. The van der Waals surface area contributed by atoms with Crippen molar-refractivity contribution in [3.05, 3.63) is 29.8 Å².